The molecule has 0 saturated heterocycles. The lowest BCUT2D eigenvalue weighted by Crippen LogP contribution is -2.36. The Hall–Kier alpha value is 1.58. The fourth-order valence-electron chi connectivity index (χ4n) is 0.538. The smallest absolute Gasteiger partial charge is 0.302 e. The van der Waals surface area contributed by atoms with Gasteiger partial charge >= 0.3 is 7.82 Å². The second kappa shape index (κ2) is 6.84. The van der Waals surface area contributed by atoms with Gasteiger partial charge in [-0.15, -0.1) is 0 Å². The van der Waals surface area contributed by atoms with Gasteiger partial charge in [-0.1, -0.05) is 48.0 Å². The lowest BCUT2D eigenvalue weighted by Gasteiger charge is -2.36. The summed E-state index contributed by atoms with van der Waals surface area (Å²) in [5.41, 5.74) is -1.63. The van der Waals surface area contributed by atoms with Gasteiger partial charge < -0.3 is 4.89 Å². The van der Waals surface area contributed by atoms with E-state index in [1.165, 1.54) is 6.08 Å². The van der Waals surface area contributed by atoms with Crippen LogP contribution in [0.2, 0.25) is 0 Å². The first-order chi connectivity index (χ1) is 7.47. The third-order valence-corrected chi connectivity index (χ3v) is 7.53. The molecule has 0 saturated carbocycles. The molecule has 0 aromatic carbocycles. The van der Waals surface area contributed by atoms with E-state index in [4.69, 9.17) is 16.1 Å². The molecule has 0 aliphatic carbocycles. The first-order valence-electron chi connectivity index (χ1n) is 4.40. The summed E-state index contributed by atoms with van der Waals surface area (Å²) in [6.07, 6.45) is 1.17. The fraction of sp³-hybridized carbons (Fsp3) is 0.750. The van der Waals surface area contributed by atoms with E-state index in [1.54, 1.807) is 0 Å². The topological polar surface area (TPSA) is 55.8 Å². The number of rotatable bonds is 7. The SMILES string of the molecule is C=CC(Cl)OP(=O)(O)OC(Br)(Br)C(C)(C)CBr. The largest absolute Gasteiger partial charge is 0.476 e. The molecular formula is C8H13Br3ClO4P. The summed E-state index contributed by atoms with van der Waals surface area (Å²) in [6.45, 7) is 6.96. The van der Waals surface area contributed by atoms with Crippen molar-refractivity contribution >= 4 is 67.2 Å². The van der Waals surface area contributed by atoms with Crippen LogP contribution in [0.25, 0.3) is 0 Å². The maximum absolute atomic E-state index is 11.7. The van der Waals surface area contributed by atoms with Gasteiger partial charge in [-0.05, 0) is 37.9 Å². The van der Waals surface area contributed by atoms with Crippen LogP contribution in [0.4, 0.5) is 0 Å². The van der Waals surface area contributed by atoms with Crippen LogP contribution in [0.3, 0.4) is 0 Å². The summed E-state index contributed by atoms with van der Waals surface area (Å²) in [7, 11) is -4.31. The van der Waals surface area contributed by atoms with Crippen LogP contribution in [0.15, 0.2) is 12.7 Å². The molecule has 2 unspecified atom stereocenters. The molecule has 17 heavy (non-hydrogen) atoms. The highest BCUT2D eigenvalue weighted by atomic mass is 79.9. The van der Waals surface area contributed by atoms with Crippen LogP contribution in [0.1, 0.15) is 13.8 Å². The average Bonchev–Trinajstić information content (AvgIpc) is 2.14. The Morgan fingerprint density at radius 2 is 2.06 bits per heavy atom. The quantitative estimate of drug-likeness (QED) is 0.326. The Labute approximate surface area is 131 Å². The Morgan fingerprint density at radius 1 is 1.59 bits per heavy atom. The van der Waals surface area contributed by atoms with Crippen molar-refractivity contribution in [1.29, 1.82) is 0 Å². The lowest BCUT2D eigenvalue weighted by atomic mass is 9.98. The summed E-state index contributed by atoms with van der Waals surface area (Å²) in [5, 5.41) is 0.516. The summed E-state index contributed by atoms with van der Waals surface area (Å²) < 4.78 is 20.1. The van der Waals surface area contributed by atoms with Crippen molar-refractivity contribution in [2.45, 2.75) is 22.8 Å². The fourth-order valence-corrected chi connectivity index (χ4v) is 4.29. The normalized spacial score (nSPS) is 18.5. The van der Waals surface area contributed by atoms with Gasteiger partial charge in [0.25, 0.3) is 0 Å². The molecule has 0 amide bonds. The molecule has 4 nitrogen and oxygen atoms in total. The summed E-state index contributed by atoms with van der Waals surface area (Å²) in [4.78, 5) is 9.51. The molecule has 0 spiro atoms. The maximum atomic E-state index is 11.7. The van der Waals surface area contributed by atoms with Gasteiger partial charge in [0.1, 0.15) is 0 Å². The zero-order valence-electron chi connectivity index (χ0n) is 9.20. The standard InChI is InChI=1S/C8H13Br3ClO4P/c1-4-6(12)15-17(13,14)16-8(10,11)7(2,3)5-9/h4,6H,1,5H2,2-3H3,(H,13,14). The van der Waals surface area contributed by atoms with Crippen molar-refractivity contribution in [3.8, 4) is 0 Å². The van der Waals surface area contributed by atoms with Crippen molar-refractivity contribution < 1.29 is 18.5 Å². The van der Waals surface area contributed by atoms with E-state index >= 15 is 0 Å². The molecule has 0 aromatic heterocycles. The first-order valence-corrected chi connectivity index (χ1v) is 9.04. The molecule has 0 aromatic rings. The van der Waals surface area contributed by atoms with E-state index in [0.717, 1.165) is 0 Å². The predicted molar refractivity (Wildman–Crippen MR) is 80.0 cm³/mol. The van der Waals surface area contributed by atoms with Crippen LogP contribution in [0, 0.1) is 5.41 Å². The minimum absolute atomic E-state index is 0.516. The molecule has 0 fully saturated rings. The average molecular weight is 479 g/mol. The first kappa shape index (κ1) is 18.6. The highest BCUT2D eigenvalue weighted by Gasteiger charge is 2.47. The molecule has 102 valence electrons. The van der Waals surface area contributed by atoms with E-state index in [-0.39, 0.29) is 0 Å². The predicted octanol–water partition coefficient (Wildman–Crippen LogP) is 4.74. The summed E-state index contributed by atoms with van der Waals surface area (Å²) in [5.74, 6) is 0. The minimum Gasteiger partial charge on any atom is -0.302 e. The molecular weight excluding hydrogens is 466 g/mol. The molecule has 0 aliphatic rings. The zero-order chi connectivity index (χ0) is 13.9. The van der Waals surface area contributed by atoms with Gasteiger partial charge in [0.15, 0.2) is 8.98 Å². The van der Waals surface area contributed by atoms with Crippen molar-refractivity contribution in [1.82, 2.24) is 0 Å². The van der Waals surface area contributed by atoms with Crippen LogP contribution in [0.5, 0.6) is 0 Å². The molecule has 9 heteroatoms. The highest BCUT2D eigenvalue weighted by Crippen LogP contribution is 2.58. The second-order valence-corrected chi connectivity index (χ2v) is 9.41. The van der Waals surface area contributed by atoms with Gasteiger partial charge in [0.05, 0.1) is 0 Å². The van der Waals surface area contributed by atoms with Crippen LogP contribution >= 0.6 is 67.2 Å². The number of phosphoric ester groups is 1. The molecule has 2 atom stereocenters. The van der Waals surface area contributed by atoms with E-state index < -0.39 is 22.2 Å². The molecule has 0 heterocycles. The van der Waals surface area contributed by atoms with Crippen molar-refractivity contribution in [2.24, 2.45) is 5.41 Å². The van der Waals surface area contributed by atoms with Crippen LogP contribution in [-0.4, -0.2) is 19.2 Å². The van der Waals surface area contributed by atoms with E-state index in [0.29, 0.717) is 5.33 Å². The van der Waals surface area contributed by atoms with E-state index in [9.17, 15) is 9.46 Å². The Morgan fingerprint density at radius 3 is 2.41 bits per heavy atom. The van der Waals surface area contributed by atoms with E-state index in [2.05, 4.69) is 58.9 Å². The summed E-state index contributed by atoms with van der Waals surface area (Å²) >= 11 is 15.2. The third-order valence-electron chi connectivity index (χ3n) is 1.77. The maximum Gasteiger partial charge on any atom is 0.476 e. The van der Waals surface area contributed by atoms with Crippen molar-refractivity contribution in [3.63, 3.8) is 0 Å². The van der Waals surface area contributed by atoms with E-state index in [1.807, 2.05) is 13.8 Å². The Kier molecular flexibility index (Phi) is 7.48. The zero-order valence-corrected chi connectivity index (χ0v) is 15.6. The van der Waals surface area contributed by atoms with Gasteiger partial charge in [-0.2, -0.15) is 0 Å². The molecule has 0 radical (unpaired) electrons. The minimum atomic E-state index is -4.31. The van der Waals surface area contributed by atoms with Gasteiger partial charge in [-0.3, -0.25) is 9.05 Å². The summed E-state index contributed by atoms with van der Waals surface area (Å²) in [6, 6.07) is 0. The van der Waals surface area contributed by atoms with Gasteiger partial charge in [0, 0.05) is 10.7 Å². The number of alkyl halides is 4. The molecule has 0 rings (SSSR count). The molecule has 0 aliphatic heterocycles. The lowest BCUT2D eigenvalue weighted by molar-refractivity contribution is 0.0833. The van der Waals surface area contributed by atoms with Crippen LogP contribution < -0.4 is 0 Å². The van der Waals surface area contributed by atoms with Gasteiger partial charge in [0.2, 0.25) is 0 Å². The number of hydrogen-bond acceptors (Lipinski definition) is 3. The number of halogens is 4. The van der Waals surface area contributed by atoms with Crippen molar-refractivity contribution in [2.75, 3.05) is 5.33 Å². The second-order valence-electron chi connectivity index (χ2n) is 3.79. The Bertz CT molecular complexity index is 324. The van der Waals surface area contributed by atoms with Gasteiger partial charge in [-0.25, -0.2) is 4.57 Å². The monoisotopic (exact) mass is 476 g/mol. The number of hydrogen-bond donors (Lipinski definition) is 1. The third kappa shape index (κ3) is 6.04. The van der Waals surface area contributed by atoms with Crippen LogP contribution in [-0.2, 0) is 13.6 Å². The number of phosphoric acid groups is 1. The molecule has 1 N–H and O–H groups in total. The van der Waals surface area contributed by atoms with Crippen molar-refractivity contribution in [3.05, 3.63) is 12.7 Å². The Balaban J connectivity index is 4.82. The highest BCUT2D eigenvalue weighted by molar-refractivity contribution is 9.25. The molecule has 0 bridgehead atoms.